The number of carbonyl (C=O) groups excluding carboxylic acids is 2. The summed E-state index contributed by atoms with van der Waals surface area (Å²) in [5.74, 6) is -0.254. The van der Waals surface area contributed by atoms with E-state index in [0.717, 1.165) is 16.3 Å². The summed E-state index contributed by atoms with van der Waals surface area (Å²) in [5.41, 5.74) is 1.09. The molecule has 0 saturated carbocycles. The number of anilines is 1. The number of benzene rings is 3. The summed E-state index contributed by atoms with van der Waals surface area (Å²) in [5, 5.41) is 3.52. The van der Waals surface area contributed by atoms with Crippen molar-refractivity contribution in [3.05, 3.63) is 89.4 Å². The van der Waals surface area contributed by atoms with Crippen LogP contribution in [0.5, 0.6) is 5.75 Å². The Kier molecular flexibility index (Phi) is 11.6. The molecule has 0 bridgehead atoms. The Morgan fingerprint density at radius 1 is 0.902 bits per heavy atom. The van der Waals surface area contributed by atoms with Crippen LogP contribution in [0.4, 0.5) is 5.69 Å². The van der Waals surface area contributed by atoms with Crippen molar-refractivity contribution in [2.75, 3.05) is 17.5 Å². The van der Waals surface area contributed by atoms with Crippen molar-refractivity contribution < 1.29 is 22.7 Å². The number of nitrogens with one attached hydrogen (secondary N) is 1. The Bertz CT molecular complexity index is 1380. The van der Waals surface area contributed by atoms with Crippen LogP contribution in [-0.4, -0.2) is 50.4 Å². The monoisotopic (exact) mass is 599 g/mol. The van der Waals surface area contributed by atoms with Gasteiger partial charge in [0.25, 0.3) is 10.0 Å². The van der Waals surface area contributed by atoms with E-state index < -0.39 is 28.5 Å². The van der Waals surface area contributed by atoms with Crippen LogP contribution in [0.3, 0.4) is 0 Å². The minimum absolute atomic E-state index is 0.0170. The topological polar surface area (TPSA) is 96.0 Å². The highest BCUT2D eigenvalue weighted by Gasteiger charge is 2.34. The van der Waals surface area contributed by atoms with Crippen molar-refractivity contribution >= 4 is 39.1 Å². The molecule has 8 nitrogen and oxygen atoms in total. The van der Waals surface area contributed by atoms with Crippen LogP contribution in [-0.2, 0) is 26.2 Å². The molecule has 0 aliphatic heterocycles. The van der Waals surface area contributed by atoms with Gasteiger partial charge in [0.15, 0.2) is 0 Å². The zero-order valence-electron chi connectivity index (χ0n) is 23.9. The van der Waals surface area contributed by atoms with Crippen LogP contribution in [0, 0.1) is 0 Å². The summed E-state index contributed by atoms with van der Waals surface area (Å²) in [7, 11) is -4.16. The van der Waals surface area contributed by atoms with E-state index in [-0.39, 0.29) is 23.4 Å². The second-order valence-electron chi connectivity index (χ2n) is 9.64. The van der Waals surface area contributed by atoms with E-state index in [9.17, 15) is 18.0 Å². The lowest BCUT2D eigenvalue weighted by molar-refractivity contribution is -0.140. The molecule has 0 aromatic heterocycles. The maximum Gasteiger partial charge on any atom is 0.264 e. The van der Waals surface area contributed by atoms with Crippen molar-refractivity contribution in [1.82, 2.24) is 10.2 Å². The number of rotatable bonds is 14. The molecule has 41 heavy (non-hydrogen) atoms. The third kappa shape index (κ3) is 8.47. The molecular formula is C31H38ClN3O5S. The summed E-state index contributed by atoms with van der Waals surface area (Å²) in [6.07, 6.45) is 1.08. The van der Waals surface area contributed by atoms with Crippen molar-refractivity contribution in [1.29, 1.82) is 0 Å². The molecule has 0 heterocycles. The van der Waals surface area contributed by atoms with Crippen molar-refractivity contribution in [3.63, 3.8) is 0 Å². The highest BCUT2D eigenvalue weighted by atomic mass is 35.5. The fourth-order valence-electron chi connectivity index (χ4n) is 4.27. The van der Waals surface area contributed by atoms with Gasteiger partial charge in [-0.2, -0.15) is 0 Å². The molecule has 0 unspecified atom stereocenters. The van der Waals surface area contributed by atoms with Gasteiger partial charge in [-0.15, -0.1) is 0 Å². The Balaban J connectivity index is 2.02. The number of amides is 2. The highest BCUT2D eigenvalue weighted by molar-refractivity contribution is 7.92. The van der Waals surface area contributed by atoms with E-state index in [4.69, 9.17) is 16.3 Å². The third-order valence-electron chi connectivity index (χ3n) is 6.70. The molecule has 3 rings (SSSR count). The first-order valence-electron chi connectivity index (χ1n) is 13.8. The molecule has 3 aromatic carbocycles. The van der Waals surface area contributed by atoms with Gasteiger partial charge in [0.1, 0.15) is 18.3 Å². The minimum atomic E-state index is -4.16. The predicted octanol–water partition coefficient (Wildman–Crippen LogP) is 5.66. The van der Waals surface area contributed by atoms with Gasteiger partial charge in [-0.25, -0.2) is 8.42 Å². The van der Waals surface area contributed by atoms with Crippen LogP contribution in [0.25, 0.3) is 0 Å². The molecular weight excluding hydrogens is 562 g/mol. The largest absolute Gasteiger partial charge is 0.494 e. The lowest BCUT2D eigenvalue weighted by Gasteiger charge is -2.33. The Hall–Kier alpha value is -3.56. The number of ether oxygens (including phenoxy) is 1. The summed E-state index contributed by atoms with van der Waals surface area (Å²) >= 11 is 6.07. The Morgan fingerprint density at radius 2 is 1.54 bits per heavy atom. The SMILES string of the molecule is CCOc1ccc(S(=O)(=O)N(CC(=O)N(Cc2ccc(Cl)cc2)[C@H](CC)C(=O)N[C@@H](C)CC)c2ccccc2)cc1. The van der Waals surface area contributed by atoms with Crippen molar-refractivity contribution in [3.8, 4) is 5.75 Å². The normalized spacial score (nSPS) is 12.7. The fourth-order valence-corrected chi connectivity index (χ4v) is 5.81. The van der Waals surface area contributed by atoms with Crippen LogP contribution < -0.4 is 14.4 Å². The van der Waals surface area contributed by atoms with Crippen molar-refractivity contribution in [2.24, 2.45) is 0 Å². The average molecular weight is 600 g/mol. The number of sulfonamides is 1. The summed E-state index contributed by atoms with van der Waals surface area (Å²) < 4.78 is 34.4. The first kappa shape index (κ1) is 32.0. The molecule has 0 saturated heterocycles. The Labute approximate surface area is 248 Å². The lowest BCUT2D eigenvalue weighted by atomic mass is 10.1. The second kappa shape index (κ2) is 14.9. The molecule has 0 aliphatic rings. The van der Waals surface area contributed by atoms with Gasteiger partial charge in [0, 0.05) is 17.6 Å². The van der Waals surface area contributed by atoms with Crippen molar-refractivity contribution in [2.45, 2.75) is 64.1 Å². The molecule has 0 aliphatic carbocycles. The van der Waals surface area contributed by atoms with E-state index in [1.54, 1.807) is 66.7 Å². The number of hydrogen-bond acceptors (Lipinski definition) is 5. The average Bonchev–Trinajstić information content (AvgIpc) is 2.97. The molecule has 1 N–H and O–H groups in total. The smallest absolute Gasteiger partial charge is 0.264 e. The molecule has 0 spiro atoms. The van der Waals surface area contributed by atoms with E-state index in [1.165, 1.54) is 17.0 Å². The summed E-state index contributed by atoms with van der Waals surface area (Å²) in [6.45, 7) is 7.59. The zero-order chi connectivity index (χ0) is 30.0. The molecule has 10 heteroatoms. The van der Waals surface area contributed by atoms with Gasteiger partial charge in [0.05, 0.1) is 17.2 Å². The van der Waals surface area contributed by atoms with E-state index in [1.807, 2.05) is 27.7 Å². The molecule has 2 amide bonds. The van der Waals surface area contributed by atoms with Crippen LogP contribution in [0.2, 0.25) is 5.02 Å². The second-order valence-corrected chi connectivity index (χ2v) is 11.9. The first-order chi connectivity index (χ1) is 19.6. The number of para-hydroxylation sites is 1. The maximum atomic E-state index is 14.1. The van der Waals surface area contributed by atoms with Gasteiger partial charge in [0.2, 0.25) is 11.8 Å². The number of halogens is 1. The fraction of sp³-hybridized carbons (Fsp3) is 0.355. The first-order valence-corrected chi connectivity index (χ1v) is 15.6. The Morgan fingerprint density at radius 3 is 2.10 bits per heavy atom. The lowest BCUT2D eigenvalue weighted by Crippen LogP contribution is -2.53. The maximum absolute atomic E-state index is 14.1. The van der Waals surface area contributed by atoms with Crippen LogP contribution in [0.1, 0.15) is 46.1 Å². The molecule has 0 radical (unpaired) electrons. The van der Waals surface area contributed by atoms with E-state index >= 15 is 0 Å². The third-order valence-corrected chi connectivity index (χ3v) is 8.74. The molecule has 3 aromatic rings. The van der Waals surface area contributed by atoms with Crippen LogP contribution >= 0.6 is 11.6 Å². The standard InChI is InChI=1S/C31H38ClN3O5S/c1-5-23(4)33-31(37)29(6-2)34(21-24-13-15-25(32)16-14-24)30(36)22-35(26-11-9-8-10-12-26)41(38,39)28-19-17-27(18-20-28)40-7-3/h8-20,23,29H,5-7,21-22H2,1-4H3,(H,33,37)/t23-,29+/m0/s1. The summed E-state index contributed by atoms with van der Waals surface area (Å²) in [6, 6.07) is 20.7. The van der Waals surface area contributed by atoms with Gasteiger partial charge in [-0.3, -0.25) is 13.9 Å². The molecule has 220 valence electrons. The highest BCUT2D eigenvalue weighted by Crippen LogP contribution is 2.26. The van der Waals surface area contributed by atoms with Gasteiger partial charge in [-0.05, 0) is 80.8 Å². The molecule has 2 atom stereocenters. The summed E-state index contributed by atoms with van der Waals surface area (Å²) in [4.78, 5) is 28.9. The zero-order valence-corrected chi connectivity index (χ0v) is 25.5. The van der Waals surface area contributed by atoms with E-state index in [0.29, 0.717) is 29.5 Å². The van der Waals surface area contributed by atoms with E-state index in [2.05, 4.69) is 5.32 Å². The predicted molar refractivity (Wildman–Crippen MR) is 163 cm³/mol. The molecule has 0 fully saturated rings. The number of hydrogen-bond donors (Lipinski definition) is 1. The van der Waals surface area contributed by atoms with Gasteiger partial charge < -0.3 is 15.0 Å². The number of nitrogens with zero attached hydrogens (tertiary/aromatic N) is 2. The number of carbonyl (C=O) groups is 2. The quantitative estimate of drug-likeness (QED) is 0.258. The minimum Gasteiger partial charge on any atom is -0.494 e. The van der Waals surface area contributed by atoms with Crippen LogP contribution in [0.15, 0.2) is 83.8 Å². The van der Waals surface area contributed by atoms with Gasteiger partial charge in [-0.1, -0.05) is 55.8 Å². The van der Waals surface area contributed by atoms with Gasteiger partial charge >= 0.3 is 0 Å².